The van der Waals surface area contributed by atoms with Crippen LogP contribution in [0.5, 0.6) is 0 Å². The molecule has 0 N–H and O–H groups in total. The summed E-state index contributed by atoms with van der Waals surface area (Å²) in [6, 6.07) is 5.54. The van der Waals surface area contributed by atoms with Gasteiger partial charge in [0.2, 0.25) is 0 Å². The van der Waals surface area contributed by atoms with Crippen LogP contribution < -0.4 is 0 Å². The third-order valence-corrected chi connectivity index (χ3v) is 3.23. The van der Waals surface area contributed by atoms with E-state index in [1.54, 1.807) is 12.1 Å². The quantitative estimate of drug-likeness (QED) is 0.789. The smallest absolute Gasteiger partial charge is 0.309 e. The standard InChI is InChI=1S/C15H22F3N/c1-14(2,3)13(10-19(4)5)11-6-8-12(9-7-11)15(16,17)18/h6-9,13H,10H2,1-5H3. The van der Waals surface area contributed by atoms with Crippen LogP contribution in [0.2, 0.25) is 0 Å². The third kappa shape index (κ3) is 4.53. The molecule has 1 atom stereocenters. The first kappa shape index (κ1) is 16.0. The first-order valence-electron chi connectivity index (χ1n) is 6.33. The maximum absolute atomic E-state index is 12.6. The third-order valence-electron chi connectivity index (χ3n) is 3.23. The first-order valence-corrected chi connectivity index (χ1v) is 6.33. The molecule has 0 spiro atoms. The second kappa shape index (κ2) is 5.53. The molecule has 108 valence electrons. The fraction of sp³-hybridized carbons (Fsp3) is 0.600. The second-order valence-electron chi connectivity index (χ2n) is 6.30. The van der Waals surface area contributed by atoms with Crippen molar-refractivity contribution in [3.8, 4) is 0 Å². The normalized spacial score (nSPS) is 14.8. The number of likely N-dealkylation sites (N-methyl/N-ethyl adjacent to an activating group) is 1. The van der Waals surface area contributed by atoms with Crippen molar-refractivity contribution in [3.05, 3.63) is 35.4 Å². The lowest BCUT2D eigenvalue weighted by atomic mass is 9.76. The number of hydrogen-bond acceptors (Lipinski definition) is 1. The zero-order chi connectivity index (χ0) is 14.8. The van der Waals surface area contributed by atoms with Crippen molar-refractivity contribution in [2.75, 3.05) is 20.6 Å². The van der Waals surface area contributed by atoms with Crippen molar-refractivity contribution < 1.29 is 13.2 Å². The minimum Gasteiger partial charge on any atom is -0.309 e. The molecule has 1 aromatic rings. The molecule has 0 amide bonds. The highest BCUT2D eigenvalue weighted by molar-refractivity contribution is 5.28. The molecule has 0 saturated carbocycles. The van der Waals surface area contributed by atoms with Crippen LogP contribution in [0.1, 0.15) is 37.8 Å². The maximum atomic E-state index is 12.6. The van der Waals surface area contributed by atoms with E-state index in [2.05, 4.69) is 25.7 Å². The van der Waals surface area contributed by atoms with Gasteiger partial charge in [-0.3, -0.25) is 0 Å². The Kier molecular flexibility index (Phi) is 4.67. The van der Waals surface area contributed by atoms with Gasteiger partial charge in [0.25, 0.3) is 0 Å². The van der Waals surface area contributed by atoms with E-state index in [1.165, 1.54) is 12.1 Å². The van der Waals surface area contributed by atoms with Crippen LogP contribution in [0.3, 0.4) is 0 Å². The molecule has 0 radical (unpaired) electrons. The molecule has 1 nitrogen and oxygen atoms in total. The largest absolute Gasteiger partial charge is 0.416 e. The molecule has 0 saturated heterocycles. The molecule has 1 unspecified atom stereocenters. The van der Waals surface area contributed by atoms with Crippen LogP contribution in [0, 0.1) is 5.41 Å². The predicted molar refractivity (Wildman–Crippen MR) is 72.2 cm³/mol. The Hall–Kier alpha value is -1.03. The Balaban J connectivity index is 3.05. The van der Waals surface area contributed by atoms with Gasteiger partial charge in [0.05, 0.1) is 5.56 Å². The van der Waals surface area contributed by atoms with Crippen molar-refractivity contribution >= 4 is 0 Å². The molecule has 0 aliphatic heterocycles. The predicted octanol–water partition coefficient (Wildman–Crippen LogP) is 4.40. The van der Waals surface area contributed by atoms with Crippen LogP contribution in [-0.4, -0.2) is 25.5 Å². The summed E-state index contributed by atoms with van der Waals surface area (Å²) in [7, 11) is 3.95. The van der Waals surface area contributed by atoms with E-state index in [1.807, 2.05) is 14.1 Å². The molecule has 0 aliphatic carbocycles. The molecule has 0 bridgehead atoms. The monoisotopic (exact) mass is 273 g/mol. The van der Waals surface area contributed by atoms with Gasteiger partial charge in [-0.1, -0.05) is 32.9 Å². The fourth-order valence-electron chi connectivity index (χ4n) is 2.15. The van der Waals surface area contributed by atoms with Crippen LogP contribution in [0.15, 0.2) is 24.3 Å². The molecule has 0 heterocycles. The highest BCUT2D eigenvalue weighted by Crippen LogP contribution is 2.37. The van der Waals surface area contributed by atoms with E-state index in [-0.39, 0.29) is 11.3 Å². The van der Waals surface area contributed by atoms with Crippen LogP contribution in [-0.2, 0) is 6.18 Å². The van der Waals surface area contributed by atoms with Crippen LogP contribution >= 0.6 is 0 Å². The Labute approximate surface area is 113 Å². The zero-order valence-corrected chi connectivity index (χ0v) is 12.2. The molecule has 0 fully saturated rings. The summed E-state index contributed by atoms with van der Waals surface area (Å²) in [4.78, 5) is 2.06. The summed E-state index contributed by atoms with van der Waals surface area (Å²) in [5, 5.41) is 0. The number of halogens is 3. The average Bonchev–Trinajstić information content (AvgIpc) is 2.23. The SMILES string of the molecule is CN(C)CC(c1ccc(C(F)(F)F)cc1)C(C)(C)C. The lowest BCUT2D eigenvalue weighted by molar-refractivity contribution is -0.137. The molecule has 19 heavy (non-hydrogen) atoms. The van der Waals surface area contributed by atoms with E-state index in [4.69, 9.17) is 0 Å². The number of rotatable bonds is 3. The number of nitrogens with zero attached hydrogens (tertiary/aromatic N) is 1. The minimum absolute atomic E-state index is 0.00399. The van der Waals surface area contributed by atoms with Crippen molar-refractivity contribution in [3.63, 3.8) is 0 Å². The second-order valence-corrected chi connectivity index (χ2v) is 6.30. The van der Waals surface area contributed by atoms with Gasteiger partial charge in [-0.2, -0.15) is 13.2 Å². The summed E-state index contributed by atoms with van der Waals surface area (Å²) in [6.07, 6.45) is -4.27. The van der Waals surface area contributed by atoms with E-state index in [0.717, 1.165) is 12.1 Å². The number of benzene rings is 1. The van der Waals surface area contributed by atoms with Gasteiger partial charge in [-0.05, 0) is 37.2 Å². The summed E-state index contributed by atoms with van der Waals surface area (Å²) >= 11 is 0. The first-order chi connectivity index (χ1) is 8.51. The molecule has 0 aromatic heterocycles. The van der Waals surface area contributed by atoms with Gasteiger partial charge in [0.1, 0.15) is 0 Å². The number of hydrogen-bond donors (Lipinski definition) is 0. The summed E-state index contributed by atoms with van der Waals surface area (Å²) in [5.41, 5.74) is 0.368. The van der Waals surface area contributed by atoms with Crippen molar-refractivity contribution in [2.24, 2.45) is 5.41 Å². The van der Waals surface area contributed by atoms with Gasteiger partial charge in [0, 0.05) is 12.5 Å². The van der Waals surface area contributed by atoms with Gasteiger partial charge in [-0.25, -0.2) is 0 Å². The summed E-state index contributed by atoms with van der Waals surface area (Å²) < 4.78 is 37.7. The molecule has 0 aliphatic rings. The van der Waals surface area contributed by atoms with Gasteiger partial charge in [-0.15, -0.1) is 0 Å². The molecule has 1 aromatic carbocycles. The Morgan fingerprint density at radius 1 is 1.00 bits per heavy atom. The summed E-state index contributed by atoms with van der Waals surface area (Å²) in [6.45, 7) is 7.14. The van der Waals surface area contributed by atoms with Gasteiger partial charge >= 0.3 is 6.18 Å². The average molecular weight is 273 g/mol. The maximum Gasteiger partial charge on any atom is 0.416 e. The Morgan fingerprint density at radius 3 is 1.79 bits per heavy atom. The zero-order valence-electron chi connectivity index (χ0n) is 12.2. The minimum atomic E-state index is -4.27. The molecule has 4 heteroatoms. The highest BCUT2D eigenvalue weighted by atomic mass is 19.4. The van der Waals surface area contributed by atoms with Crippen LogP contribution in [0.4, 0.5) is 13.2 Å². The summed E-state index contributed by atoms with van der Waals surface area (Å²) in [5.74, 6) is 0.199. The van der Waals surface area contributed by atoms with E-state index < -0.39 is 11.7 Å². The van der Waals surface area contributed by atoms with Crippen molar-refractivity contribution in [1.82, 2.24) is 4.90 Å². The Bertz CT molecular complexity index is 399. The molecule has 1 rings (SSSR count). The molecular formula is C15H22F3N. The van der Waals surface area contributed by atoms with Crippen molar-refractivity contribution in [1.29, 1.82) is 0 Å². The van der Waals surface area contributed by atoms with E-state index in [9.17, 15) is 13.2 Å². The van der Waals surface area contributed by atoms with E-state index >= 15 is 0 Å². The van der Waals surface area contributed by atoms with E-state index in [0.29, 0.717) is 0 Å². The number of alkyl halides is 3. The lowest BCUT2D eigenvalue weighted by Gasteiger charge is -2.33. The lowest BCUT2D eigenvalue weighted by Crippen LogP contribution is -2.29. The van der Waals surface area contributed by atoms with Gasteiger partial charge < -0.3 is 4.90 Å². The topological polar surface area (TPSA) is 3.24 Å². The molecular weight excluding hydrogens is 251 g/mol. The Morgan fingerprint density at radius 2 is 1.47 bits per heavy atom. The fourth-order valence-corrected chi connectivity index (χ4v) is 2.15. The van der Waals surface area contributed by atoms with Crippen molar-refractivity contribution in [2.45, 2.75) is 32.9 Å². The van der Waals surface area contributed by atoms with Crippen LogP contribution in [0.25, 0.3) is 0 Å². The highest BCUT2D eigenvalue weighted by Gasteiger charge is 2.31. The van der Waals surface area contributed by atoms with Gasteiger partial charge in [0.15, 0.2) is 0 Å².